The molecule has 0 saturated heterocycles. The Morgan fingerprint density at radius 3 is 2.69 bits per heavy atom. The van der Waals surface area contributed by atoms with Crippen molar-refractivity contribution in [3.8, 4) is 28.6 Å². The average Bonchev–Trinajstić information content (AvgIpc) is 3.10. The number of hydrogen-bond acceptors (Lipinski definition) is 4. The number of nitrogens with zero attached hydrogens (tertiary/aromatic N) is 5. The molecule has 130 valence electrons. The Morgan fingerprint density at radius 2 is 1.96 bits per heavy atom. The van der Waals surface area contributed by atoms with E-state index in [1.165, 1.54) is 4.90 Å². The molecule has 0 bridgehead atoms. The highest BCUT2D eigenvalue weighted by Gasteiger charge is 2.11. The lowest BCUT2D eigenvalue weighted by Gasteiger charge is -2.09. The molecular formula is C20H19N5O. The van der Waals surface area contributed by atoms with Gasteiger partial charge in [-0.15, -0.1) is 0 Å². The molecule has 3 rings (SSSR count). The van der Waals surface area contributed by atoms with E-state index in [-0.39, 0.29) is 12.5 Å². The van der Waals surface area contributed by atoms with E-state index in [0.29, 0.717) is 11.3 Å². The van der Waals surface area contributed by atoms with E-state index in [4.69, 9.17) is 0 Å². The van der Waals surface area contributed by atoms with Crippen molar-refractivity contribution >= 4 is 5.91 Å². The second kappa shape index (κ2) is 7.19. The molecule has 0 fully saturated rings. The fourth-order valence-corrected chi connectivity index (χ4v) is 2.58. The van der Waals surface area contributed by atoms with Crippen molar-refractivity contribution in [3.63, 3.8) is 0 Å². The summed E-state index contributed by atoms with van der Waals surface area (Å²) in [6, 6.07) is 15.4. The summed E-state index contributed by atoms with van der Waals surface area (Å²) in [6.07, 6.45) is 1.79. The maximum Gasteiger partial charge on any atom is 0.243 e. The minimum Gasteiger partial charge on any atom is -0.347 e. The Morgan fingerprint density at radius 1 is 1.19 bits per heavy atom. The third-order valence-corrected chi connectivity index (χ3v) is 4.02. The van der Waals surface area contributed by atoms with Crippen molar-refractivity contribution in [1.82, 2.24) is 19.7 Å². The van der Waals surface area contributed by atoms with E-state index in [2.05, 4.69) is 16.2 Å². The van der Waals surface area contributed by atoms with E-state index >= 15 is 0 Å². The number of nitriles is 1. The number of carbonyl (C=O) groups is 1. The highest BCUT2D eigenvalue weighted by Crippen LogP contribution is 2.26. The predicted molar refractivity (Wildman–Crippen MR) is 99.0 cm³/mol. The number of pyridine rings is 1. The van der Waals surface area contributed by atoms with Gasteiger partial charge in [-0.1, -0.05) is 18.2 Å². The van der Waals surface area contributed by atoms with Gasteiger partial charge in [-0.2, -0.15) is 10.4 Å². The van der Waals surface area contributed by atoms with E-state index in [9.17, 15) is 10.1 Å². The first-order valence-electron chi connectivity index (χ1n) is 8.20. The molecule has 3 aromatic rings. The van der Waals surface area contributed by atoms with Gasteiger partial charge >= 0.3 is 0 Å². The van der Waals surface area contributed by atoms with Crippen molar-refractivity contribution in [1.29, 1.82) is 5.26 Å². The summed E-state index contributed by atoms with van der Waals surface area (Å²) in [7, 11) is 3.44. The molecule has 0 radical (unpaired) electrons. The number of benzene rings is 1. The maximum absolute atomic E-state index is 11.8. The highest BCUT2D eigenvalue weighted by molar-refractivity contribution is 5.75. The fourth-order valence-electron chi connectivity index (χ4n) is 2.58. The van der Waals surface area contributed by atoms with E-state index in [1.807, 2.05) is 43.3 Å². The van der Waals surface area contributed by atoms with Crippen LogP contribution in [0.3, 0.4) is 0 Å². The van der Waals surface area contributed by atoms with Gasteiger partial charge in [0.2, 0.25) is 5.91 Å². The molecule has 0 aliphatic heterocycles. The van der Waals surface area contributed by atoms with Crippen LogP contribution in [0.4, 0.5) is 0 Å². The third kappa shape index (κ3) is 3.62. The molecule has 0 unspecified atom stereocenters. The first-order valence-corrected chi connectivity index (χ1v) is 8.20. The molecular weight excluding hydrogens is 326 g/mol. The van der Waals surface area contributed by atoms with Gasteiger partial charge < -0.3 is 4.90 Å². The largest absolute Gasteiger partial charge is 0.347 e. The Kier molecular flexibility index (Phi) is 4.81. The van der Waals surface area contributed by atoms with Crippen LogP contribution >= 0.6 is 0 Å². The second-order valence-electron chi connectivity index (χ2n) is 6.23. The SMILES string of the molecule is Cc1ccc(C#N)c(-c2cccc(-c3ccn(CC(=O)N(C)C)n3)c2)n1. The van der Waals surface area contributed by atoms with Crippen molar-refractivity contribution in [2.45, 2.75) is 13.5 Å². The maximum atomic E-state index is 11.8. The van der Waals surface area contributed by atoms with Crippen molar-refractivity contribution in [3.05, 3.63) is 59.9 Å². The van der Waals surface area contributed by atoms with Crippen LogP contribution in [0.1, 0.15) is 11.3 Å². The molecule has 1 amide bonds. The number of likely N-dealkylation sites (N-methyl/N-ethyl adjacent to an activating group) is 1. The second-order valence-corrected chi connectivity index (χ2v) is 6.23. The zero-order chi connectivity index (χ0) is 18.7. The fraction of sp³-hybridized carbons (Fsp3) is 0.200. The molecule has 6 heteroatoms. The first kappa shape index (κ1) is 17.4. The zero-order valence-corrected chi connectivity index (χ0v) is 15.0. The van der Waals surface area contributed by atoms with Gasteiger partial charge in [0.15, 0.2) is 0 Å². The summed E-state index contributed by atoms with van der Waals surface area (Å²) in [6.45, 7) is 2.10. The summed E-state index contributed by atoms with van der Waals surface area (Å²) in [5, 5.41) is 13.8. The number of amides is 1. The van der Waals surface area contributed by atoms with Crippen LogP contribution in [0.5, 0.6) is 0 Å². The molecule has 6 nitrogen and oxygen atoms in total. The summed E-state index contributed by atoms with van der Waals surface area (Å²) >= 11 is 0. The standard InChI is InChI=1S/C20H19N5O/c1-14-7-8-17(12-21)20(22-14)16-6-4-5-15(11-16)18-9-10-25(23-18)13-19(26)24(2)3/h4-11H,13H2,1-3H3. The topological polar surface area (TPSA) is 74.8 Å². The minimum absolute atomic E-state index is 0.0176. The quantitative estimate of drug-likeness (QED) is 0.729. The molecule has 2 heterocycles. The number of carbonyl (C=O) groups excluding carboxylic acids is 1. The number of rotatable bonds is 4. The molecule has 2 aromatic heterocycles. The van der Waals surface area contributed by atoms with Gasteiger partial charge in [0, 0.05) is 37.1 Å². The lowest BCUT2D eigenvalue weighted by atomic mass is 10.0. The molecule has 0 spiro atoms. The Labute approximate surface area is 152 Å². The van der Waals surface area contributed by atoms with Crippen LogP contribution < -0.4 is 0 Å². The van der Waals surface area contributed by atoms with Crippen LogP contribution in [0.25, 0.3) is 22.5 Å². The third-order valence-electron chi connectivity index (χ3n) is 4.02. The van der Waals surface area contributed by atoms with Gasteiger partial charge in [0.25, 0.3) is 0 Å². The summed E-state index contributed by atoms with van der Waals surface area (Å²) in [5.41, 5.74) is 4.60. The zero-order valence-electron chi connectivity index (χ0n) is 15.0. The highest BCUT2D eigenvalue weighted by atomic mass is 16.2. The smallest absolute Gasteiger partial charge is 0.243 e. The van der Waals surface area contributed by atoms with E-state index in [1.54, 1.807) is 31.0 Å². The molecule has 0 aliphatic carbocycles. The molecule has 26 heavy (non-hydrogen) atoms. The summed E-state index contributed by atoms with van der Waals surface area (Å²) in [4.78, 5) is 17.9. The van der Waals surface area contributed by atoms with Crippen LogP contribution in [0.2, 0.25) is 0 Å². The lowest BCUT2D eigenvalue weighted by Crippen LogP contribution is -2.26. The normalized spacial score (nSPS) is 10.4. The lowest BCUT2D eigenvalue weighted by molar-refractivity contribution is -0.129. The Balaban J connectivity index is 1.94. The summed E-state index contributed by atoms with van der Waals surface area (Å²) in [5.74, 6) is -0.0176. The van der Waals surface area contributed by atoms with E-state index < -0.39 is 0 Å². The predicted octanol–water partition coefficient (Wildman–Crippen LogP) is 2.88. The van der Waals surface area contributed by atoms with Crippen LogP contribution in [-0.4, -0.2) is 39.7 Å². The van der Waals surface area contributed by atoms with Crippen molar-refractivity contribution < 1.29 is 4.79 Å². The van der Waals surface area contributed by atoms with Crippen molar-refractivity contribution in [2.75, 3.05) is 14.1 Å². The number of aromatic nitrogens is 3. The van der Waals surface area contributed by atoms with Gasteiger partial charge in [0.05, 0.1) is 17.0 Å². The summed E-state index contributed by atoms with van der Waals surface area (Å²) < 4.78 is 1.62. The van der Waals surface area contributed by atoms with Crippen LogP contribution in [0, 0.1) is 18.3 Å². The monoisotopic (exact) mass is 345 g/mol. The number of aryl methyl sites for hydroxylation is 1. The van der Waals surface area contributed by atoms with Gasteiger partial charge in [-0.05, 0) is 31.2 Å². The van der Waals surface area contributed by atoms with Crippen molar-refractivity contribution in [2.24, 2.45) is 0 Å². The molecule has 0 saturated carbocycles. The number of hydrogen-bond donors (Lipinski definition) is 0. The Hall–Kier alpha value is -3.46. The molecule has 0 atom stereocenters. The Bertz CT molecular complexity index is 997. The van der Waals surface area contributed by atoms with Gasteiger partial charge in [-0.25, -0.2) is 0 Å². The van der Waals surface area contributed by atoms with Gasteiger partial charge in [-0.3, -0.25) is 14.5 Å². The first-order chi connectivity index (χ1) is 12.5. The van der Waals surface area contributed by atoms with Crippen LogP contribution in [0.15, 0.2) is 48.7 Å². The average molecular weight is 345 g/mol. The van der Waals surface area contributed by atoms with Crippen LogP contribution in [-0.2, 0) is 11.3 Å². The molecule has 1 aromatic carbocycles. The molecule has 0 N–H and O–H groups in total. The van der Waals surface area contributed by atoms with E-state index in [0.717, 1.165) is 22.5 Å². The van der Waals surface area contributed by atoms with Gasteiger partial charge in [0.1, 0.15) is 12.6 Å². The minimum atomic E-state index is -0.0176. The molecule has 0 aliphatic rings.